The molecule has 0 saturated carbocycles. The first-order valence-electron chi connectivity index (χ1n) is 11.4. The first-order chi connectivity index (χ1) is 16.6. The van der Waals surface area contributed by atoms with Gasteiger partial charge in [0, 0.05) is 43.7 Å². The third kappa shape index (κ3) is 4.00. The molecule has 2 N–H and O–H groups in total. The molecule has 4 aromatic heterocycles. The maximum absolute atomic E-state index is 12.6. The van der Waals surface area contributed by atoms with Gasteiger partial charge in [-0.2, -0.15) is 0 Å². The fraction of sp³-hybridized carbons (Fsp3) is 0.280. The van der Waals surface area contributed by atoms with Gasteiger partial charge in [0.2, 0.25) is 0 Å². The van der Waals surface area contributed by atoms with E-state index in [9.17, 15) is 9.59 Å². The molecule has 1 saturated heterocycles. The summed E-state index contributed by atoms with van der Waals surface area (Å²) in [5.41, 5.74) is 2.90. The molecule has 34 heavy (non-hydrogen) atoms. The van der Waals surface area contributed by atoms with Gasteiger partial charge < -0.3 is 19.8 Å². The van der Waals surface area contributed by atoms with Crippen LogP contribution >= 0.6 is 0 Å². The Morgan fingerprint density at radius 1 is 1.09 bits per heavy atom. The molecule has 1 fully saturated rings. The third-order valence-corrected chi connectivity index (χ3v) is 6.38. The zero-order chi connectivity index (χ0) is 23.1. The summed E-state index contributed by atoms with van der Waals surface area (Å²) in [7, 11) is 0. The Hall–Kier alpha value is -3.82. The minimum absolute atomic E-state index is 0.0877. The highest BCUT2D eigenvalue weighted by Gasteiger charge is 2.36. The number of carbonyl (C=O) groups excluding carboxylic acids is 1. The highest BCUT2D eigenvalue weighted by atomic mass is 16.5. The van der Waals surface area contributed by atoms with Gasteiger partial charge in [-0.25, -0.2) is 9.97 Å². The highest BCUT2D eigenvalue weighted by Crippen LogP contribution is 2.33. The number of amides is 1. The number of fused-ring (bicyclic) bond motifs is 4. The van der Waals surface area contributed by atoms with Crippen molar-refractivity contribution in [2.24, 2.45) is 5.92 Å². The maximum atomic E-state index is 12.6. The third-order valence-electron chi connectivity index (χ3n) is 6.38. The molecule has 0 aliphatic carbocycles. The van der Waals surface area contributed by atoms with Gasteiger partial charge in [-0.15, -0.1) is 0 Å². The van der Waals surface area contributed by atoms with E-state index in [2.05, 4.69) is 38.8 Å². The molecule has 172 valence electrons. The summed E-state index contributed by atoms with van der Waals surface area (Å²) in [6, 6.07) is 10.5. The molecule has 6 rings (SSSR count). The lowest BCUT2D eigenvalue weighted by Gasteiger charge is -2.16. The number of aromatic nitrogens is 4. The van der Waals surface area contributed by atoms with E-state index >= 15 is 0 Å². The molecule has 0 aromatic carbocycles. The number of nitrogens with zero attached hydrogens (tertiary/aromatic N) is 4. The Labute approximate surface area is 195 Å². The van der Waals surface area contributed by atoms with Crippen LogP contribution in [0.15, 0.2) is 71.9 Å². The Morgan fingerprint density at radius 2 is 2.03 bits per heavy atom. The van der Waals surface area contributed by atoms with E-state index in [0.717, 1.165) is 36.4 Å². The monoisotopic (exact) mass is 456 g/mol. The summed E-state index contributed by atoms with van der Waals surface area (Å²) >= 11 is 0. The second kappa shape index (κ2) is 8.51. The van der Waals surface area contributed by atoms with Crippen molar-refractivity contribution >= 4 is 17.2 Å². The van der Waals surface area contributed by atoms with Gasteiger partial charge >= 0.3 is 0 Å². The molecule has 1 amide bonds. The SMILES string of the molecule is O=C(NCc1cn2cc(CNCC3CC4C=CC3O4)ccc2n1)c1cc(=O)n2ccccc2n1. The standard InChI is InChI=1S/C25H24N6O3/c32-24-10-20(29-23-3-1-2-8-31(23)24)25(33)27-13-18-15-30-14-16(4-7-22(30)28-18)11-26-12-17-9-19-5-6-21(17)34-19/h1-8,10,14-15,17,19,21,26H,9,11-13H2,(H,27,33). The van der Waals surface area contributed by atoms with Crippen LogP contribution in [0.3, 0.4) is 0 Å². The summed E-state index contributed by atoms with van der Waals surface area (Å²) < 4.78 is 9.18. The Kier molecular flexibility index (Phi) is 5.20. The van der Waals surface area contributed by atoms with Gasteiger partial charge in [0.15, 0.2) is 0 Å². The summed E-state index contributed by atoms with van der Waals surface area (Å²) in [4.78, 5) is 33.7. The lowest BCUT2D eigenvalue weighted by molar-refractivity contribution is 0.0945. The summed E-state index contributed by atoms with van der Waals surface area (Å²) in [5, 5.41) is 6.34. The van der Waals surface area contributed by atoms with Crippen molar-refractivity contribution in [1.29, 1.82) is 0 Å². The van der Waals surface area contributed by atoms with Crippen molar-refractivity contribution in [3.05, 3.63) is 94.4 Å². The first kappa shape index (κ1) is 20.8. The molecule has 9 nitrogen and oxygen atoms in total. The number of rotatable bonds is 7. The first-order valence-corrected chi connectivity index (χ1v) is 11.4. The number of pyridine rings is 2. The molecule has 2 aliphatic rings. The van der Waals surface area contributed by atoms with Crippen molar-refractivity contribution in [3.63, 3.8) is 0 Å². The van der Waals surface area contributed by atoms with Gasteiger partial charge in [0.05, 0.1) is 24.4 Å². The molecule has 2 bridgehead atoms. The molecule has 9 heteroatoms. The van der Waals surface area contributed by atoms with E-state index in [1.54, 1.807) is 24.4 Å². The second-order valence-electron chi connectivity index (χ2n) is 8.78. The molecule has 3 atom stereocenters. The number of carbonyl (C=O) groups is 1. The summed E-state index contributed by atoms with van der Waals surface area (Å²) in [6.07, 6.45) is 11.6. The zero-order valence-corrected chi connectivity index (χ0v) is 18.4. The number of ether oxygens (including phenoxy) is 1. The fourth-order valence-electron chi connectivity index (χ4n) is 4.67. The largest absolute Gasteiger partial charge is 0.367 e. The zero-order valence-electron chi connectivity index (χ0n) is 18.4. The Morgan fingerprint density at radius 3 is 2.88 bits per heavy atom. The van der Waals surface area contributed by atoms with Crippen LogP contribution in [-0.4, -0.2) is 43.4 Å². The quantitative estimate of drug-likeness (QED) is 0.411. The average molecular weight is 457 g/mol. The van der Waals surface area contributed by atoms with Gasteiger partial charge in [-0.1, -0.05) is 24.3 Å². The normalized spacial score (nSPS) is 21.0. The number of nitrogens with one attached hydrogen (secondary N) is 2. The maximum Gasteiger partial charge on any atom is 0.270 e. The Bertz CT molecular complexity index is 1470. The van der Waals surface area contributed by atoms with Crippen LogP contribution in [0.25, 0.3) is 11.3 Å². The second-order valence-corrected chi connectivity index (χ2v) is 8.78. The van der Waals surface area contributed by atoms with Crippen LogP contribution in [-0.2, 0) is 17.8 Å². The van der Waals surface area contributed by atoms with Crippen LogP contribution in [0, 0.1) is 5.92 Å². The van der Waals surface area contributed by atoms with Crippen LogP contribution in [0.1, 0.15) is 28.2 Å². The van der Waals surface area contributed by atoms with Gasteiger partial charge in [-0.05, 0) is 30.2 Å². The molecule has 0 radical (unpaired) electrons. The van der Waals surface area contributed by atoms with Crippen LogP contribution in [0.5, 0.6) is 0 Å². The predicted octanol–water partition coefficient (Wildman–Crippen LogP) is 1.71. The van der Waals surface area contributed by atoms with Gasteiger partial charge in [-0.3, -0.25) is 14.0 Å². The van der Waals surface area contributed by atoms with Crippen molar-refractivity contribution in [1.82, 2.24) is 29.4 Å². The van der Waals surface area contributed by atoms with Gasteiger partial charge in [0.1, 0.15) is 17.0 Å². The molecule has 6 heterocycles. The van der Waals surface area contributed by atoms with Crippen molar-refractivity contribution in [2.45, 2.75) is 31.7 Å². The fourth-order valence-corrected chi connectivity index (χ4v) is 4.67. The lowest BCUT2D eigenvalue weighted by Crippen LogP contribution is -2.27. The highest BCUT2D eigenvalue weighted by molar-refractivity contribution is 5.92. The van der Waals surface area contributed by atoms with E-state index in [-0.39, 0.29) is 23.9 Å². The Balaban J connectivity index is 1.08. The molecule has 2 aliphatic heterocycles. The average Bonchev–Trinajstić information content (AvgIpc) is 3.58. The van der Waals surface area contributed by atoms with E-state index in [1.165, 1.54) is 10.5 Å². The van der Waals surface area contributed by atoms with Crippen LogP contribution in [0.2, 0.25) is 0 Å². The molecule has 3 unspecified atom stereocenters. The number of hydrogen-bond acceptors (Lipinski definition) is 6. The van der Waals surface area contributed by atoms with E-state index in [1.807, 2.05) is 22.9 Å². The predicted molar refractivity (Wildman–Crippen MR) is 125 cm³/mol. The van der Waals surface area contributed by atoms with Crippen molar-refractivity contribution in [2.75, 3.05) is 6.54 Å². The van der Waals surface area contributed by atoms with Crippen LogP contribution in [0.4, 0.5) is 0 Å². The number of imidazole rings is 1. The molecular formula is C25H24N6O3. The van der Waals surface area contributed by atoms with E-state index in [4.69, 9.17) is 4.74 Å². The van der Waals surface area contributed by atoms with Gasteiger partial charge in [0.25, 0.3) is 11.5 Å². The minimum atomic E-state index is -0.412. The molecule has 4 aromatic rings. The van der Waals surface area contributed by atoms with E-state index in [0.29, 0.717) is 17.7 Å². The number of hydrogen-bond donors (Lipinski definition) is 2. The van der Waals surface area contributed by atoms with E-state index < -0.39 is 5.91 Å². The molecule has 0 spiro atoms. The van der Waals surface area contributed by atoms with Crippen molar-refractivity contribution < 1.29 is 9.53 Å². The van der Waals surface area contributed by atoms with Crippen LogP contribution < -0.4 is 16.2 Å². The lowest BCUT2D eigenvalue weighted by atomic mass is 9.94. The topological polar surface area (TPSA) is 102 Å². The van der Waals surface area contributed by atoms with Crippen molar-refractivity contribution in [3.8, 4) is 0 Å². The summed E-state index contributed by atoms with van der Waals surface area (Å²) in [5.74, 6) is 0.125. The minimum Gasteiger partial charge on any atom is -0.367 e. The summed E-state index contributed by atoms with van der Waals surface area (Å²) in [6.45, 7) is 1.93. The molecular weight excluding hydrogens is 432 g/mol. The smallest absolute Gasteiger partial charge is 0.270 e.